The van der Waals surface area contributed by atoms with Crippen LogP contribution in [0.3, 0.4) is 0 Å². The van der Waals surface area contributed by atoms with Crippen LogP contribution >= 0.6 is 0 Å². The predicted molar refractivity (Wildman–Crippen MR) is 177 cm³/mol. The van der Waals surface area contributed by atoms with Crippen LogP contribution in [0.25, 0.3) is 0 Å². The van der Waals surface area contributed by atoms with Gasteiger partial charge in [0.25, 0.3) is 11.8 Å². The van der Waals surface area contributed by atoms with E-state index in [4.69, 9.17) is 14.2 Å². The molecule has 0 aliphatic carbocycles. The molecule has 2 atom stereocenters. The van der Waals surface area contributed by atoms with Gasteiger partial charge in [0.15, 0.2) is 11.5 Å². The summed E-state index contributed by atoms with van der Waals surface area (Å²) in [6.07, 6.45) is 1.28. The van der Waals surface area contributed by atoms with Gasteiger partial charge in [-0.2, -0.15) is 0 Å². The average Bonchev–Trinajstić information content (AvgIpc) is 3.36. The number of carbonyl (C=O) groups is 3. The summed E-state index contributed by atoms with van der Waals surface area (Å²) >= 11 is 0. The molecule has 46 heavy (non-hydrogen) atoms. The van der Waals surface area contributed by atoms with Crippen molar-refractivity contribution in [3.05, 3.63) is 89.0 Å². The van der Waals surface area contributed by atoms with Crippen LogP contribution in [0.15, 0.2) is 66.7 Å². The molecular weight excluding hydrogens is 584 g/mol. The molecular formula is C36H44N4O6. The van der Waals surface area contributed by atoms with Gasteiger partial charge in [-0.3, -0.25) is 24.2 Å². The molecule has 0 radical (unpaired) electrons. The maximum absolute atomic E-state index is 14.3. The number of carbonyl (C=O) groups excluding carboxylic acids is 3. The smallest absolute Gasteiger partial charge is 0.264 e. The molecule has 0 saturated carbocycles. The van der Waals surface area contributed by atoms with E-state index in [1.54, 1.807) is 33.5 Å². The normalized spacial score (nSPS) is 16.3. The van der Waals surface area contributed by atoms with E-state index in [0.29, 0.717) is 48.6 Å². The number of piperazine rings is 1. The zero-order chi connectivity index (χ0) is 32.6. The molecule has 1 N–H and O–H groups in total. The fourth-order valence-electron chi connectivity index (χ4n) is 6.44. The fraction of sp³-hybridized carbons (Fsp3) is 0.417. The van der Waals surface area contributed by atoms with Crippen LogP contribution in [0.2, 0.25) is 0 Å². The second-order valence-corrected chi connectivity index (χ2v) is 11.7. The number of methoxy groups -OCH3 is 3. The van der Waals surface area contributed by atoms with E-state index in [2.05, 4.69) is 46.3 Å². The van der Waals surface area contributed by atoms with Crippen molar-refractivity contribution in [2.45, 2.75) is 38.3 Å². The Balaban J connectivity index is 1.37. The number of hydrogen-bond donors (Lipinski definition) is 1. The standard InChI is InChI=1S/C36H44N4O6/c1-25(26-10-6-5-7-11-26)38-19-21-39(22-20-38)30-13-8-12-28-34(30)36(43)40(35(28)42)29(14-9-18-37-33(41)17-23-44-2)27-15-16-31(45-3)32(24-27)46-4/h5-8,10-13,15-16,24-25,29H,9,14,17-23H2,1-4H3,(H,37,41)/t25-,29?/m1/s1. The molecule has 0 spiro atoms. The lowest BCUT2D eigenvalue weighted by Crippen LogP contribution is -2.47. The minimum atomic E-state index is -0.570. The Labute approximate surface area is 271 Å². The quantitative estimate of drug-likeness (QED) is 0.200. The van der Waals surface area contributed by atoms with Gasteiger partial charge in [-0.05, 0) is 55.2 Å². The fourth-order valence-corrected chi connectivity index (χ4v) is 6.44. The molecule has 5 rings (SSSR count). The summed E-state index contributed by atoms with van der Waals surface area (Å²) in [5.74, 6) is 0.341. The molecule has 10 nitrogen and oxygen atoms in total. The average molecular weight is 629 g/mol. The topological polar surface area (TPSA) is 101 Å². The highest BCUT2D eigenvalue weighted by Gasteiger charge is 2.43. The molecule has 10 heteroatoms. The van der Waals surface area contributed by atoms with E-state index in [1.807, 2.05) is 30.3 Å². The van der Waals surface area contributed by atoms with Crippen LogP contribution in [0.1, 0.15) is 70.1 Å². The highest BCUT2D eigenvalue weighted by atomic mass is 16.5. The van der Waals surface area contributed by atoms with E-state index in [-0.39, 0.29) is 30.2 Å². The van der Waals surface area contributed by atoms with Gasteiger partial charge in [0.2, 0.25) is 5.91 Å². The number of amides is 3. The number of imide groups is 1. The Morgan fingerprint density at radius 1 is 0.848 bits per heavy atom. The lowest BCUT2D eigenvalue weighted by atomic mass is 9.99. The molecule has 244 valence electrons. The molecule has 1 saturated heterocycles. The van der Waals surface area contributed by atoms with Crippen molar-refractivity contribution < 1.29 is 28.6 Å². The van der Waals surface area contributed by atoms with Crippen molar-refractivity contribution in [2.24, 2.45) is 0 Å². The first-order valence-corrected chi connectivity index (χ1v) is 15.9. The minimum absolute atomic E-state index is 0.104. The summed E-state index contributed by atoms with van der Waals surface area (Å²) in [5, 5.41) is 2.91. The summed E-state index contributed by atoms with van der Waals surface area (Å²) in [7, 11) is 4.68. The highest BCUT2D eigenvalue weighted by molar-refractivity contribution is 6.24. The maximum Gasteiger partial charge on any atom is 0.264 e. The monoisotopic (exact) mass is 628 g/mol. The van der Waals surface area contributed by atoms with Crippen LogP contribution < -0.4 is 19.7 Å². The lowest BCUT2D eigenvalue weighted by molar-refractivity contribution is -0.121. The Bertz CT molecular complexity index is 1520. The van der Waals surface area contributed by atoms with Crippen molar-refractivity contribution in [1.29, 1.82) is 0 Å². The van der Waals surface area contributed by atoms with E-state index in [1.165, 1.54) is 10.5 Å². The molecule has 1 unspecified atom stereocenters. The number of hydrogen-bond acceptors (Lipinski definition) is 8. The summed E-state index contributed by atoms with van der Waals surface area (Å²) in [6, 6.07) is 21.2. The SMILES string of the molecule is COCCC(=O)NCCCC(c1ccc(OC)c(OC)c1)N1C(=O)c2cccc(N3CCN([C@H](C)c4ccccc4)CC3)c2C1=O. The third kappa shape index (κ3) is 7.03. The first kappa shape index (κ1) is 33.0. The van der Waals surface area contributed by atoms with Gasteiger partial charge in [-0.1, -0.05) is 42.5 Å². The summed E-state index contributed by atoms with van der Waals surface area (Å²) in [5.41, 5.74) is 3.70. The van der Waals surface area contributed by atoms with Gasteiger partial charge in [-0.15, -0.1) is 0 Å². The van der Waals surface area contributed by atoms with Crippen LogP contribution in [0.4, 0.5) is 5.69 Å². The van der Waals surface area contributed by atoms with Crippen molar-refractivity contribution in [3.63, 3.8) is 0 Å². The number of anilines is 1. The van der Waals surface area contributed by atoms with E-state index < -0.39 is 6.04 Å². The number of nitrogens with one attached hydrogen (secondary N) is 1. The number of nitrogens with zero attached hydrogens (tertiary/aromatic N) is 3. The van der Waals surface area contributed by atoms with Crippen molar-refractivity contribution in [2.75, 3.05) is 65.6 Å². The second-order valence-electron chi connectivity index (χ2n) is 11.7. The molecule has 3 aromatic rings. The van der Waals surface area contributed by atoms with Crippen LogP contribution in [-0.4, -0.2) is 88.2 Å². The molecule has 0 aromatic heterocycles. The number of fused-ring (bicyclic) bond motifs is 1. The van der Waals surface area contributed by atoms with E-state index in [9.17, 15) is 14.4 Å². The molecule has 1 fully saturated rings. The van der Waals surface area contributed by atoms with Crippen LogP contribution in [0.5, 0.6) is 11.5 Å². The van der Waals surface area contributed by atoms with E-state index >= 15 is 0 Å². The second kappa shape index (κ2) is 15.2. The Kier molecular flexibility index (Phi) is 10.9. The van der Waals surface area contributed by atoms with Gasteiger partial charge in [0.05, 0.1) is 43.7 Å². The zero-order valence-electron chi connectivity index (χ0n) is 27.2. The third-order valence-electron chi connectivity index (χ3n) is 9.02. The number of ether oxygens (including phenoxy) is 3. The largest absolute Gasteiger partial charge is 0.493 e. The third-order valence-corrected chi connectivity index (χ3v) is 9.02. The number of rotatable bonds is 14. The Morgan fingerprint density at radius 2 is 1.59 bits per heavy atom. The van der Waals surface area contributed by atoms with Crippen molar-refractivity contribution >= 4 is 23.4 Å². The van der Waals surface area contributed by atoms with Crippen LogP contribution in [0, 0.1) is 0 Å². The molecule has 2 aliphatic rings. The Hall–Kier alpha value is -4.41. The van der Waals surface area contributed by atoms with Gasteiger partial charge in [0.1, 0.15) is 0 Å². The van der Waals surface area contributed by atoms with Gasteiger partial charge >= 0.3 is 0 Å². The summed E-state index contributed by atoms with van der Waals surface area (Å²) in [4.78, 5) is 46.6. The molecule has 0 bridgehead atoms. The van der Waals surface area contributed by atoms with Crippen molar-refractivity contribution in [3.8, 4) is 11.5 Å². The Morgan fingerprint density at radius 3 is 2.28 bits per heavy atom. The first-order chi connectivity index (χ1) is 22.4. The summed E-state index contributed by atoms with van der Waals surface area (Å²) in [6.45, 7) is 6.16. The maximum atomic E-state index is 14.3. The predicted octanol–water partition coefficient (Wildman–Crippen LogP) is 4.86. The van der Waals surface area contributed by atoms with Gasteiger partial charge in [0, 0.05) is 52.3 Å². The molecule has 3 aromatic carbocycles. The van der Waals surface area contributed by atoms with Gasteiger partial charge in [-0.25, -0.2) is 0 Å². The summed E-state index contributed by atoms with van der Waals surface area (Å²) < 4.78 is 16.0. The first-order valence-electron chi connectivity index (χ1n) is 15.9. The molecule has 3 amide bonds. The lowest BCUT2D eigenvalue weighted by Gasteiger charge is -2.39. The molecule has 2 heterocycles. The van der Waals surface area contributed by atoms with Crippen LogP contribution in [-0.2, 0) is 9.53 Å². The molecule has 2 aliphatic heterocycles. The minimum Gasteiger partial charge on any atom is -0.493 e. The zero-order valence-corrected chi connectivity index (χ0v) is 27.2. The highest BCUT2D eigenvalue weighted by Crippen LogP contribution is 2.40. The van der Waals surface area contributed by atoms with Gasteiger partial charge < -0.3 is 24.4 Å². The number of benzene rings is 3. The van der Waals surface area contributed by atoms with Crippen molar-refractivity contribution in [1.82, 2.24) is 15.1 Å². The van der Waals surface area contributed by atoms with E-state index in [0.717, 1.165) is 37.4 Å².